The van der Waals surface area contributed by atoms with Crippen LogP contribution in [0.3, 0.4) is 0 Å². The third-order valence-corrected chi connectivity index (χ3v) is 15.2. The van der Waals surface area contributed by atoms with E-state index in [1.165, 1.54) is 91.2 Å². The molecule has 3 unspecified atom stereocenters. The monoisotopic (exact) mass is 1070 g/mol. The fourth-order valence-electron chi connectivity index (χ4n) is 9.54. The maximum Gasteiger partial charge on any atom is 0.126 e. The molecule has 374 valence electrons. The number of halogens is 2. The predicted molar refractivity (Wildman–Crippen MR) is 314 cm³/mol. The Kier molecular flexibility index (Phi) is 24.4. The first-order chi connectivity index (χ1) is 34.1. The van der Waals surface area contributed by atoms with Gasteiger partial charge in [-0.25, -0.2) is 0 Å². The van der Waals surface area contributed by atoms with E-state index in [9.17, 15) is 0 Å². The molecule has 0 saturated heterocycles. The molecule has 3 atom stereocenters. The number of hydrogen-bond donors (Lipinski definition) is 0. The van der Waals surface area contributed by atoms with Gasteiger partial charge in [0.25, 0.3) is 0 Å². The van der Waals surface area contributed by atoms with E-state index in [4.69, 9.17) is 14.2 Å². The van der Waals surface area contributed by atoms with Crippen LogP contribution >= 0.6 is 31.9 Å². The quantitative estimate of drug-likeness (QED) is 0.0447. The average molecular weight is 1070 g/mol. The number of rotatable bonds is 29. The van der Waals surface area contributed by atoms with E-state index in [1.807, 2.05) is 0 Å². The highest BCUT2D eigenvalue weighted by molar-refractivity contribution is 9.10. The molecule has 3 nitrogen and oxygen atoms in total. The van der Waals surface area contributed by atoms with E-state index in [2.05, 4.69) is 207 Å². The second kappa shape index (κ2) is 30.3. The van der Waals surface area contributed by atoms with Gasteiger partial charge in [-0.2, -0.15) is 0 Å². The molecule has 0 N–H and O–H groups in total. The van der Waals surface area contributed by atoms with Crippen molar-refractivity contribution in [1.29, 1.82) is 0 Å². The van der Waals surface area contributed by atoms with E-state index >= 15 is 0 Å². The first kappa shape index (κ1) is 56.3. The van der Waals surface area contributed by atoms with Crippen LogP contribution < -0.4 is 14.2 Å². The maximum absolute atomic E-state index is 6.28. The molecule has 0 aliphatic rings. The summed E-state index contributed by atoms with van der Waals surface area (Å²) in [4.78, 5) is 0. The molecule has 5 aromatic carbocycles. The minimum absolute atomic E-state index is 0.594. The van der Waals surface area contributed by atoms with Crippen LogP contribution in [0.5, 0.6) is 17.2 Å². The van der Waals surface area contributed by atoms with Gasteiger partial charge in [0.2, 0.25) is 0 Å². The minimum atomic E-state index is 0.594. The largest absolute Gasteiger partial charge is 0.496 e. The van der Waals surface area contributed by atoms with Crippen molar-refractivity contribution >= 4 is 80.5 Å². The Bertz CT molecular complexity index is 2470. The molecule has 70 heavy (non-hydrogen) atoms. The Balaban J connectivity index is 1.62. The van der Waals surface area contributed by atoms with Crippen molar-refractivity contribution in [2.75, 3.05) is 21.3 Å². The third-order valence-electron chi connectivity index (χ3n) is 14.2. The van der Waals surface area contributed by atoms with Crippen LogP contribution in [0.25, 0.3) is 48.6 Å². The van der Waals surface area contributed by atoms with Gasteiger partial charge in [0, 0.05) is 25.6 Å². The fourth-order valence-corrected chi connectivity index (χ4v) is 10.1. The van der Waals surface area contributed by atoms with Crippen molar-refractivity contribution in [1.82, 2.24) is 0 Å². The van der Waals surface area contributed by atoms with Gasteiger partial charge in [0.15, 0.2) is 0 Å². The van der Waals surface area contributed by atoms with Crippen LogP contribution in [0.4, 0.5) is 0 Å². The van der Waals surface area contributed by atoms with E-state index in [0.717, 1.165) is 92.5 Å². The standard InChI is InChI=1S/C65H82Br2O3/c1-10-16-19-47(13-4)38-58-41-55(28-22-50-24-34-61(66)35-25-50)63(68-7)44-52(58)30-31-53-45-65(70-9)57(43-60(53)40-49(15-6)21-18-12-3)33-32-54-46-64(69-8)56(29-23-51-26-36-62(67)37-27-51)42-59(54)39-48(14-5)20-17-11-2/h22-37,41-49H,10-21,38-40H2,1-9H3/b28-22+,29-23+,31-30+,33-32+. The van der Waals surface area contributed by atoms with Crippen LogP contribution in [0.2, 0.25) is 0 Å². The molecule has 0 aliphatic carbocycles. The predicted octanol–water partition coefficient (Wildman–Crippen LogP) is 20.2. The zero-order valence-electron chi connectivity index (χ0n) is 44.0. The summed E-state index contributed by atoms with van der Waals surface area (Å²) in [5.74, 6) is 4.44. The molecule has 0 heterocycles. The van der Waals surface area contributed by atoms with E-state index in [-0.39, 0.29) is 0 Å². The van der Waals surface area contributed by atoms with Crippen molar-refractivity contribution in [2.45, 2.75) is 138 Å². The molecule has 0 radical (unpaired) electrons. The Morgan fingerprint density at radius 3 is 0.900 bits per heavy atom. The lowest BCUT2D eigenvalue weighted by Crippen LogP contribution is -2.06. The number of hydrogen-bond acceptors (Lipinski definition) is 3. The zero-order chi connectivity index (χ0) is 50.3. The van der Waals surface area contributed by atoms with Crippen molar-refractivity contribution < 1.29 is 14.2 Å². The van der Waals surface area contributed by atoms with Gasteiger partial charge in [0.1, 0.15) is 17.2 Å². The lowest BCUT2D eigenvalue weighted by molar-refractivity contribution is 0.412. The maximum atomic E-state index is 6.28. The van der Waals surface area contributed by atoms with Crippen molar-refractivity contribution in [3.05, 3.63) is 155 Å². The smallest absolute Gasteiger partial charge is 0.126 e. The van der Waals surface area contributed by atoms with Crippen LogP contribution in [0.1, 0.15) is 180 Å². The Morgan fingerprint density at radius 1 is 0.371 bits per heavy atom. The van der Waals surface area contributed by atoms with Crippen molar-refractivity contribution in [3.8, 4) is 17.2 Å². The Morgan fingerprint density at radius 2 is 0.643 bits per heavy atom. The number of ether oxygens (including phenoxy) is 3. The van der Waals surface area contributed by atoms with Gasteiger partial charge in [-0.1, -0.05) is 223 Å². The van der Waals surface area contributed by atoms with E-state index in [0.29, 0.717) is 17.8 Å². The van der Waals surface area contributed by atoms with Gasteiger partial charge in [0.05, 0.1) is 21.3 Å². The van der Waals surface area contributed by atoms with Crippen LogP contribution in [-0.4, -0.2) is 21.3 Å². The fraction of sp³-hybridized carbons (Fsp3) is 0.415. The molecule has 5 aromatic rings. The summed E-state index contributed by atoms with van der Waals surface area (Å²) in [6.07, 6.45) is 35.6. The lowest BCUT2D eigenvalue weighted by Gasteiger charge is -2.20. The van der Waals surface area contributed by atoms with Crippen LogP contribution in [0.15, 0.2) is 93.9 Å². The number of benzene rings is 5. The second-order valence-electron chi connectivity index (χ2n) is 19.2. The molecule has 0 aliphatic heterocycles. The van der Waals surface area contributed by atoms with Gasteiger partial charge in [-0.05, 0) is 142 Å². The molecule has 5 heteroatoms. The molecular formula is C65H82Br2O3. The highest BCUT2D eigenvalue weighted by Gasteiger charge is 2.18. The summed E-state index contributed by atoms with van der Waals surface area (Å²) in [5, 5.41) is 0. The molecular weight excluding hydrogens is 989 g/mol. The van der Waals surface area contributed by atoms with Gasteiger partial charge >= 0.3 is 0 Å². The van der Waals surface area contributed by atoms with Crippen molar-refractivity contribution in [2.24, 2.45) is 17.8 Å². The first-order valence-corrected chi connectivity index (χ1v) is 28.0. The second-order valence-corrected chi connectivity index (χ2v) is 21.0. The summed E-state index contributed by atoms with van der Waals surface area (Å²) in [5.41, 5.74) is 13.3. The summed E-state index contributed by atoms with van der Waals surface area (Å²) in [7, 11) is 5.38. The summed E-state index contributed by atoms with van der Waals surface area (Å²) >= 11 is 7.16. The first-order valence-electron chi connectivity index (χ1n) is 26.4. The molecule has 5 rings (SSSR count). The molecule has 0 saturated carbocycles. The summed E-state index contributed by atoms with van der Waals surface area (Å²) in [6, 6.07) is 30.8. The third kappa shape index (κ3) is 17.3. The molecule has 0 bridgehead atoms. The Hall–Kier alpha value is -4.58. The van der Waals surface area contributed by atoms with E-state index < -0.39 is 0 Å². The summed E-state index contributed by atoms with van der Waals surface area (Å²) < 4.78 is 20.6. The zero-order valence-corrected chi connectivity index (χ0v) is 47.2. The SMILES string of the molecule is CCCCC(CC)Cc1cc(/C=C/c2ccc(Br)cc2)c(OC)cc1/C=C/c1cc(OC)c(/C=C/c2cc(OC)c(/C=C/c3ccc(Br)cc3)cc2CC(CC)CCCC)cc1CC(CC)CCCC. The Labute approximate surface area is 441 Å². The molecule has 0 spiro atoms. The minimum Gasteiger partial charge on any atom is -0.496 e. The van der Waals surface area contributed by atoms with Gasteiger partial charge < -0.3 is 14.2 Å². The molecule has 0 aromatic heterocycles. The molecule has 0 amide bonds. The number of methoxy groups -OCH3 is 3. The topological polar surface area (TPSA) is 27.7 Å². The van der Waals surface area contributed by atoms with Gasteiger partial charge in [-0.15, -0.1) is 0 Å². The van der Waals surface area contributed by atoms with Crippen LogP contribution in [0, 0.1) is 17.8 Å². The van der Waals surface area contributed by atoms with Crippen LogP contribution in [-0.2, 0) is 19.3 Å². The summed E-state index contributed by atoms with van der Waals surface area (Å²) in [6.45, 7) is 13.9. The lowest BCUT2D eigenvalue weighted by atomic mass is 9.87. The molecule has 0 fully saturated rings. The highest BCUT2D eigenvalue weighted by atomic mass is 79.9. The van der Waals surface area contributed by atoms with Gasteiger partial charge in [-0.3, -0.25) is 0 Å². The normalized spacial score (nSPS) is 13.2. The van der Waals surface area contributed by atoms with E-state index in [1.54, 1.807) is 21.3 Å². The number of unbranched alkanes of at least 4 members (excludes halogenated alkanes) is 3. The highest BCUT2D eigenvalue weighted by Crippen LogP contribution is 2.36. The van der Waals surface area contributed by atoms with Crippen molar-refractivity contribution in [3.63, 3.8) is 0 Å². The average Bonchev–Trinajstić information content (AvgIpc) is 3.38.